The lowest BCUT2D eigenvalue weighted by Gasteiger charge is -2.35. The Labute approximate surface area is 239 Å². The lowest BCUT2D eigenvalue weighted by molar-refractivity contribution is 0.0699. The maximum absolute atomic E-state index is 13.9. The van der Waals surface area contributed by atoms with Crippen molar-refractivity contribution in [3.8, 4) is 5.82 Å². The molecule has 42 heavy (non-hydrogen) atoms. The summed E-state index contributed by atoms with van der Waals surface area (Å²) in [5.41, 5.74) is 3.53. The number of aromatic nitrogens is 6. The smallest absolute Gasteiger partial charge is 0.336 e. The fourth-order valence-electron chi connectivity index (χ4n) is 5.58. The van der Waals surface area contributed by atoms with Crippen LogP contribution < -0.4 is 15.8 Å². The second-order valence-corrected chi connectivity index (χ2v) is 10.4. The number of carbonyl (C=O) groups is 1. The van der Waals surface area contributed by atoms with E-state index in [1.165, 1.54) is 22.5 Å². The number of carboxylic acids is 1. The van der Waals surface area contributed by atoms with Gasteiger partial charge in [0, 0.05) is 49.9 Å². The molecule has 0 radical (unpaired) electrons. The van der Waals surface area contributed by atoms with Gasteiger partial charge in [0.25, 0.3) is 5.56 Å². The second-order valence-electron chi connectivity index (χ2n) is 10.4. The minimum atomic E-state index is -1.13. The third kappa shape index (κ3) is 4.20. The van der Waals surface area contributed by atoms with Crippen molar-refractivity contribution < 1.29 is 9.90 Å². The van der Waals surface area contributed by atoms with Crippen molar-refractivity contribution in [2.24, 2.45) is 0 Å². The maximum Gasteiger partial charge on any atom is 0.336 e. The van der Waals surface area contributed by atoms with Gasteiger partial charge in [0.15, 0.2) is 17.1 Å². The number of nitrogens with zero attached hydrogens (tertiary/aromatic N) is 8. The summed E-state index contributed by atoms with van der Waals surface area (Å²) in [5.74, 6) is -0.411. The van der Waals surface area contributed by atoms with E-state index in [0.717, 1.165) is 37.4 Å². The number of hydrogen-bond acceptors (Lipinski definition) is 9. The number of nitrogens with one attached hydrogen (secondary N) is 1. The van der Waals surface area contributed by atoms with E-state index in [1.54, 1.807) is 41.2 Å². The van der Waals surface area contributed by atoms with Crippen LogP contribution >= 0.6 is 0 Å². The quantitative estimate of drug-likeness (QED) is 0.322. The Hall–Kier alpha value is -5.36. The van der Waals surface area contributed by atoms with Crippen molar-refractivity contribution in [1.29, 1.82) is 0 Å². The van der Waals surface area contributed by atoms with Crippen molar-refractivity contribution in [1.82, 2.24) is 34.0 Å². The summed E-state index contributed by atoms with van der Waals surface area (Å²) < 4.78 is 2.90. The molecule has 0 amide bonds. The summed E-state index contributed by atoms with van der Waals surface area (Å²) in [6.07, 6.45) is 3.05. The molecule has 1 saturated heterocycles. The van der Waals surface area contributed by atoms with Gasteiger partial charge in [-0.15, -0.1) is 0 Å². The van der Waals surface area contributed by atoms with Gasteiger partial charge >= 0.3 is 5.97 Å². The molecule has 4 aromatic heterocycles. The van der Waals surface area contributed by atoms with Gasteiger partial charge in [-0.05, 0) is 62.0 Å². The highest BCUT2D eigenvalue weighted by molar-refractivity contribution is 6.09. The van der Waals surface area contributed by atoms with Gasteiger partial charge in [-0.3, -0.25) is 4.79 Å². The molecule has 0 spiro atoms. The highest BCUT2D eigenvalue weighted by Crippen LogP contribution is 2.29. The van der Waals surface area contributed by atoms with E-state index < -0.39 is 11.5 Å². The number of piperazine rings is 1. The van der Waals surface area contributed by atoms with Gasteiger partial charge in [0.1, 0.15) is 5.39 Å². The van der Waals surface area contributed by atoms with Gasteiger partial charge in [-0.1, -0.05) is 12.1 Å². The molecule has 1 fully saturated rings. The summed E-state index contributed by atoms with van der Waals surface area (Å²) in [4.78, 5) is 48.9. The fraction of sp³-hybridized carbons (Fsp3) is 0.200. The minimum absolute atomic E-state index is 0.0225. The second kappa shape index (κ2) is 9.93. The summed E-state index contributed by atoms with van der Waals surface area (Å²) in [5, 5.41) is 13.7. The van der Waals surface area contributed by atoms with Crippen LogP contribution in [0.15, 0.2) is 71.8 Å². The zero-order valence-electron chi connectivity index (χ0n) is 23.0. The molecule has 0 bridgehead atoms. The van der Waals surface area contributed by atoms with Gasteiger partial charge in [-0.2, -0.15) is 9.50 Å². The molecule has 1 aliphatic rings. The third-order valence-corrected chi connectivity index (χ3v) is 7.69. The summed E-state index contributed by atoms with van der Waals surface area (Å²) >= 11 is 0. The molecule has 1 aliphatic heterocycles. The monoisotopic (exact) mass is 561 g/mol. The average molecular weight is 562 g/mol. The molecule has 2 N–H and O–H groups in total. The third-order valence-electron chi connectivity index (χ3n) is 7.69. The molecule has 12 heteroatoms. The minimum Gasteiger partial charge on any atom is -0.478 e. The molecule has 12 nitrogen and oxygen atoms in total. The number of pyridine rings is 1. The van der Waals surface area contributed by atoms with Gasteiger partial charge in [0.05, 0.1) is 16.5 Å². The lowest BCUT2D eigenvalue weighted by atomic mass is 10.1. The zero-order valence-corrected chi connectivity index (χ0v) is 23.0. The number of likely N-dealkylation sites (N-methyl/N-ethyl adjacent to an activating group) is 1. The number of rotatable bonds is 5. The number of fused-ring (bicyclic) bond motifs is 4. The predicted molar refractivity (Wildman–Crippen MR) is 160 cm³/mol. The highest BCUT2D eigenvalue weighted by atomic mass is 16.4. The molecule has 2 aromatic carbocycles. The van der Waals surface area contributed by atoms with Crippen LogP contribution in [0.3, 0.4) is 0 Å². The van der Waals surface area contributed by atoms with Crippen LogP contribution in [-0.2, 0) is 0 Å². The molecule has 0 aliphatic carbocycles. The van der Waals surface area contributed by atoms with Crippen LogP contribution in [0.1, 0.15) is 15.9 Å². The topological polar surface area (TPSA) is 134 Å². The van der Waals surface area contributed by atoms with E-state index in [1.807, 2.05) is 12.1 Å². The van der Waals surface area contributed by atoms with Crippen LogP contribution in [0.4, 0.5) is 17.3 Å². The molecule has 0 atom stereocenters. The molecular formula is C30H27N9O3. The maximum atomic E-state index is 13.9. The SMILES string of the molecule is Cc1cc(Nc2ncc3c(=O)n4c(nc3n2)c2c(C(=O)O)cccc2n4-c2ccccn2)ccc1N1CCN(C)CC1. The van der Waals surface area contributed by atoms with Crippen LogP contribution in [0.5, 0.6) is 0 Å². The molecule has 0 saturated carbocycles. The van der Waals surface area contributed by atoms with E-state index in [2.05, 4.69) is 50.1 Å². The average Bonchev–Trinajstić information content (AvgIpc) is 3.33. The number of hydrogen-bond donors (Lipinski definition) is 2. The normalized spacial score (nSPS) is 14.2. The highest BCUT2D eigenvalue weighted by Gasteiger charge is 2.23. The predicted octanol–water partition coefficient (Wildman–Crippen LogP) is 3.48. The first-order valence-corrected chi connectivity index (χ1v) is 13.6. The molecule has 210 valence electrons. The lowest BCUT2D eigenvalue weighted by Crippen LogP contribution is -2.44. The largest absolute Gasteiger partial charge is 0.478 e. The van der Waals surface area contributed by atoms with E-state index in [9.17, 15) is 14.7 Å². The van der Waals surface area contributed by atoms with E-state index in [-0.39, 0.29) is 28.2 Å². The Morgan fingerprint density at radius 1 is 0.976 bits per heavy atom. The van der Waals surface area contributed by atoms with Crippen molar-refractivity contribution in [2.45, 2.75) is 6.92 Å². The Morgan fingerprint density at radius 2 is 1.81 bits per heavy atom. The Bertz CT molecular complexity index is 2060. The first kappa shape index (κ1) is 25.6. The van der Waals surface area contributed by atoms with E-state index in [4.69, 9.17) is 4.98 Å². The first-order valence-electron chi connectivity index (χ1n) is 13.6. The van der Waals surface area contributed by atoms with Crippen molar-refractivity contribution in [2.75, 3.05) is 43.4 Å². The van der Waals surface area contributed by atoms with Gasteiger partial charge < -0.3 is 20.2 Å². The summed E-state index contributed by atoms with van der Waals surface area (Å²) in [7, 11) is 2.14. The number of aryl methyl sites for hydroxylation is 1. The van der Waals surface area contributed by atoms with Crippen molar-refractivity contribution >= 4 is 50.9 Å². The van der Waals surface area contributed by atoms with Crippen molar-refractivity contribution in [3.05, 3.63) is 88.5 Å². The first-order chi connectivity index (χ1) is 20.4. The van der Waals surface area contributed by atoms with Gasteiger partial charge in [0.2, 0.25) is 5.95 Å². The number of carboxylic acid groups (broad SMARTS) is 1. The molecule has 0 unspecified atom stereocenters. The Morgan fingerprint density at radius 3 is 2.55 bits per heavy atom. The van der Waals surface area contributed by atoms with Crippen molar-refractivity contribution in [3.63, 3.8) is 0 Å². The standard InChI is InChI=1S/C30H27N9O3/c1-18-16-19(9-10-22(18)37-14-12-36(2)13-15-37)33-30-32-17-21-26(35-30)34-27-25-20(29(41)42)6-5-7-23(25)38(39(27)28(21)40)24-8-3-4-11-31-24/h3-11,16-17H,12-15H2,1-2H3,(H,41,42)(H,32,33,35). The summed E-state index contributed by atoms with van der Waals surface area (Å²) in [6, 6.07) is 16.3. The van der Waals surface area contributed by atoms with Crippen LogP contribution in [0.25, 0.3) is 33.4 Å². The Balaban J connectivity index is 1.34. The fourth-order valence-corrected chi connectivity index (χ4v) is 5.58. The van der Waals surface area contributed by atoms with Crippen LogP contribution in [0, 0.1) is 6.92 Å². The molecule has 6 aromatic rings. The van der Waals surface area contributed by atoms with Crippen LogP contribution in [-0.4, -0.2) is 78.3 Å². The Kier molecular flexibility index (Phi) is 6.05. The zero-order chi connectivity index (χ0) is 29.0. The molecule has 5 heterocycles. The van der Waals surface area contributed by atoms with Crippen LogP contribution in [0.2, 0.25) is 0 Å². The van der Waals surface area contributed by atoms with Gasteiger partial charge in [-0.25, -0.2) is 24.4 Å². The van der Waals surface area contributed by atoms with E-state index in [0.29, 0.717) is 16.7 Å². The summed E-state index contributed by atoms with van der Waals surface area (Å²) in [6.45, 7) is 6.09. The number of benzene rings is 2. The number of aromatic carboxylic acids is 1. The number of anilines is 3. The molecule has 7 rings (SSSR count). The van der Waals surface area contributed by atoms with E-state index >= 15 is 0 Å². The molecular weight excluding hydrogens is 534 g/mol.